The first-order chi connectivity index (χ1) is 5.04. The smallest absolute Gasteiger partial charge is 0.203 e. The number of phenols is 1. The average Bonchev–Trinajstić information content (AvgIpc) is 1.97. The van der Waals surface area contributed by atoms with E-state index in [2.05, 4.69) is 15.9 Å². The Morgan fingerprint density at radius 2 is 1.91 bits per heavy atom. The van der Waals surface area contributed by atoms with Gasteiger partial charge >= 0.3 is 0 Å². The lowest BCUT2D eigenvalue weighted by Crippen LogP contribution is -1.86. The van der Waals surface area contributed by atoms with E-state index in [0.29, 0.717) is 0 Å². The van der Waals surface area contributed by atoms with Gasteiger partial charge in [0.15, 0.2) is 11.6 Å². The molecular formula is C6H2BrClF2O. The van der Waals surface area contributed by atoms with E-state index in [1.54, 1.807) is 0 Å². The molecule has 1 N–H and O–H groups in total. The van der Waals surface area contributed by atoms with E-state index in [-0.39, 0.29) is 9.50 Å². The Balaban J connectivity index is 3.46. The third-order valence-electron chi connectivity index (χ3n) is 1.09. The largest absolute Gasteiger partial charge is 0.504 e. The van der Waals surface area contributed by atoms with E-state index >= 15 is 0 Å². The van der Waals surface area contributed by atoms with Crippen molar-refractivity contribution in [2.45, 2.75) is 0 Å². The van der Waals surface area contributed by atoms with Gasteiger partial charge in [-0.3, -0.25) is 0 Å². The lowest BCUT2D eigenvalue weighted by Gasteiger charge is -2.00. The molecule has 0 spiro atoms. The van der Waals surface area contributed by atoms with Gasteiger partial charge in [0.1, 0.15) is 0 Å². The van der Waals surface area contributed by atoms with E-state index in [4.69, 9.17) is 16.7 Å². The number of hydrogen-bond acceptors (Lipinski definition) is 1. The lowest BCUT2D eigenvalue weighted by molar-refractivity contribution is 0.406. The zero-order valence-electron chi connectivity index (χ0n) is 5.04. The highest BCUT2D eigenvalue weighted by atomic mass is 79.9. The first-order valence-electron chi connectivity index (χ1n) is 2.56. The van der Waals surface area contributed by atoms with Crippen LogP contribution in [-0.4, -0.2) is 5.11 Å². The van der Waals surface area contributed by atoms with Crippen LogP contribution in [0.15, 0.2) is 10.5 Å². The van der Waals surface area contributed by atoms with Gasteiger partial charge in [-0.2, -0.15) is 4.39 Å². The molecule has 0 aliphatic heterocycles. The Hall–Kier alpha value is -0.350. The Morgan fingerprint density at radius 1 is 1.36 bits per heavy atom. The minimum Gasteiger partial charge on any atom is -0.504 e. The van der Waals surface area contributed by atoms with Crippen LogP contribution in [0.1, 0.15) is 0 Å². The zero-order chi connectivity index (χ0) is 8.59. The summed E-state index contributed by atoms with van der Waals surface area (Å²) < 4.78 is 24.9. The first kappa shape index (κ1) is 8.74. The third-order valence-corrected chi connectivity index (χ3v) is 1.96. The summed E-state index contributed by atoms with van der Waals surface area (Å²) in [7, 11) is 0. The molecule has 60 valence electrons. The number of benzene rings is 1. The van der Waals surface area contributed by atoms with Crippen molar-refractivity contribution in [3.63, 3.8) is 0 Å². The highest BCUT2D eigenvalue weighted by Gasteiger charge is 2.14. The quantitative estimate of drug-likeness (QED) is 0.548. The van der Waals surface area contributed by atoms with Crippen molar-refractivity contribution in [1.82, 2.24) is 0 Å². The van der Waals surface area contributed by atoms with Crippen LogP contribution in [-0.2, 0) is 0 Å². The summed E-state index contributed by atoms with van der Waals surface area (Å²) in [5.41, 5.74) is 0. The van der Waals surface area contributed by atoms with Gasteiger partial charge in [0.2, 0.25) is 5.82 Å². The van der Waals surface area contributed by atoms with E-state index in [9.17, 15) is 8.78 Å². The molecule has 0 saturated heterocycles. The summed E-state index contributed by atoms with van der Waals surface area (Å²) in [6.45, 7) is 0. The van der Waals surface area contributed by atoms with Gasteiger partial charge in [-0.1, -0.05) is 11.6 Å². The molecule has 1 aromatic rings. The van der Waals surface area contributed by atoms with Crippen LogP contribution in [0.25, 0.3) is 0 Å². The van der Waals surface area contributed by atoms with Crippen LogP contribution in [0.5, 0.6) is 5.75 Å². The average molecular weight is 243 g/mol. The fraction of sp³-hybridized carbons (Fsp3) is 0. The van der Waals surface area contributed by atoms with Gasteiger partial charge in [-0.05, 0) is 22.0 Å². The summed E-state index contributed by atoms with van der Waals surface area (Å²) >= 11 is 8.02. The van der Waals surface area contributed by atoms with Crippen LogP contribution in [0.4, 0.5) is 8.78 Å². The zero-order valence-corrected chi connectivity index (χ0v) is 7.38. The molecule has 0 saturated carbocycles. The molecule has 0 aliphatic rings. The second kappa shape index (κ2) is 2.95. The topological polar surface area (TPSA) is 20.2 Å². The van der Waals surface area contributed by atoms with Crippen LogP contribution in [0.2, 0.25) is 5.02 Å². The molecule has 0 aromatic heterocycles. The maximum atomic E-state index is 12.5. The van der Waals surface area contributed by atoms with Crippen molar-refractivity contribution in [2.24, 2.45) is 0 Å². The monoisotopic (exact) mass is 242 g/mol. The van der Waals surface area contributed by atoms with E-state index in [1.165, 1.54) is 0 Å². The van der Waals surface area contributed by atoms with Gasteiger partial charge < -0.3 is 5.11 Å². The van der Waals surface area contributed by atoms with E-state index in [0.717, 1.165) is 6.07 Å². The fourth-order valence-corrected chi connectivity index (χ4v) is 1.28. The Labute approximate surface area is 74.7 Å². The maximum absolute atomic E-state index is 12.5. The molecule has 0 unspecified atom stereocenters. The third kappa shape index (κ3) is 1.46. The van der Waals surface area contributed by atoms with Crippen molar-refractivity contribution in [1.29, 1.82) is 0 Å². The summed E-state index contributed by atoms with van der Waals surface area (Å²) in [4.78, 5) is 0. The maximum Gasteiger partial charge on any atom is 0.203 e. The van der Waals surface area contributed by atoms with Gasteiger partial charge in [0.05, 0.1) is 9.50 Å². The predicted molar refractivity (Wildman–Crippen MR) is 40.7 cm³/mol. The highest BCUT2D eigenvalue weighted by Crippen LogP contribution is 2.32. The Kier molecular flexibility index (Phi) is 2.34. The van der Waals surface area contributed by atoms with Crippen molar-refractivity contribution in [2.75, 3.05) is 0 Å². The normalized spacial score (nSPS) is 10.2. The van der Waals surface area contributed by atoms with Crippen LogP contribution < -0.4 is 0 Å². The van der Waals surface area contributed by atoms with Gasteiger partial charge in [-0.25, -0.2) is 4.39 Å². The summed E-state index contributed by atoms with van der Waals surface area (Å²) in [5, 5.41) is 8.52. The summed E-state index contributed by atoms with van der Waals surface area (Å²) in [6, 6.07) is 1.08. The molecule has 0 heterocycles. The molecule has 0 fully saturated rings. The van der Waals surface area contributed by atoms with E-state index in [1.807, 2.05) is 0 Å². The fourth-order valence-electron chi connectivity index (χ4n) is 0.557. The number of aromatic hydroxyl groups is 1. The molecule has 0 bridgehead atoms. The van der Waals surface area contributed by atoms with Gasteiger partial charge in [0, 0.05) is 0 Å². The second-order valence-electron chi connectivity index (χ2n) is 1.82. The molecule has 0 radical (unpaired) electrons. The standard InChI is InChI=1S/C6H2BrClF2O/c7-2-1-3(8)6(11)5(10)4(2)9/h1,11H. The highest BCUT2D eigenvalue weighted by molar-refractivity contribution is 9.10. The molecule has 11 heavy (non-hydrogen) atoms. The number of phenolic OH excluding ortho intramolecular Hbond substituents is 1. The Morgan fingerprint density at radius 3 is 2.45 bits per heavy atom. The minimum atomic E-state index is -1.34. The SMILES string of the molecule is Oc1c(Cl)cc(Br)c(F)c1F. The van der Waals surface area contributed by atoms with Gasteiger partial charge in [-0.15, -0.1) is 0 Å². The number of halogens is 4. The molecule has 1 aromatic carbocycles. The molecule has 0 aliphatic carbocycles. The number of hydrogen-bond donors (Lipinski definition) is 1. The second-order valence-corrected chi connectivity index (χ2v) is 3.08. The van der Waals surface area contributed by atoms with E-state index < -0.39 is 17.4 Å². The minimum absolute atomic E-state index is 0.113. The summed E-state index contributed by atoms with van der Waals surface area (Å²) in [5.74, 6) is -3.36. The van der Waals surface area contributed by atoms with Crippen LogP contribution >= 0.6 is 27.5 Å². The lowest BCUT2D eigenvalue weighted by atomic mass is 10.3. The van der Waals surface area contributed by atoms with Crippen LogP contribution in [0, 0.1) is 11.6 Å². The first-order valence-corrected chi connectivity index (χ1v) is 3.73. The molecule has 5 heteroatoms. The van der Waals surface area contributed by atoms with Gasteiger partial charge in [0.25, 0.3) is 0 Å². The molecule has 0 amide bonds. The van der Waals surface area contributed by atoms with Crippen molar-refractivity contribution in [3.05, 3.63) is 27.2 Å². The molecular weight excluding hydrogens is 241 g/mol. The number of rotatable bonds is 0. The molecule has 0 atom stereocenters. The summed E-state index contributed by atoms with van der Waals surface area (Å²) in [6.07, 6.45) is 0. The van der Waals surface area contributed by atoms with Crippen molar-refractivity contribution < 1.29 is 13.9 Å². The Bertz CT molecular complexity index is 277. The van der Waals surface area contributed by atoms with Crippen molar-refractivity contribution in [3.8, 4) is 5.75 Å². The van der Waals surface area contributed by atoms with Crippen LogP contribution in [0.3, 0.4) is 0 Å². The predicted octanol–water partition coefficient (Wildman–Crippen LogP) is 3.09. The molecule has 1 nitrogen and oxygen atoms in total. The van der Waals surface area contributed by atoms with Crippen molar-refractivity contribution >= 4 is 27.5 Å². The molecule has 1 rings (SSSR count).